The molecule has 1 atom stereocenters. The number of nitrogens with zero attached hydrogens (tertiary/aromatic N) is 1. The molecule has 1 fully saturated rings. The number of hydrogen-bond donors (Lipinski definition) is 1. The van der Waals surface area contributed by atoms with Gasteiger partial charge in [-0.05, 0) is 37.0 Å². The van der Waals surface area contributed by atoms with Crippen molar-refractivity contribution in [1.29, 1.82) is 0 Å². The molecule has 0 saturated carbocycles. The summed E-state index contributed by atoms with van der Waals surface area (Å²) in [5, 5.41) is 4.91. The zero-order chi connectivity index (χ0) is 13.1. The topological polar surface area (TPSA) is 26.2 Å². The summed E-state index contributed by atoms with van der Waals surface area (Å²) in [5.41, 5.74) is 2.69. The molecular weight excluding hydrogens is 236 g/mol. The molecule has 0 amide bonds. The second-order valence-corrected chi connectivity index (χ2v) is 5.45. The fraction of sp³-hybridized carbons (Fsp3) is 0.500. The van der Waals surface area contributed by atoms with Gasteiger partial charge < -0.3 is 14.6 Å². The maximum Gasteiger partial charge on any atom is 0.0507 e. The average Bonchev–Trinajstić information content (AvgIpc) is 3.05. The van der Waals surface area contributed by atoms with Gasteiger partial charge in [-0.15, -0.1) is 0 Å². The average molecular weight is 258 g/mol. The van der Waals surface area contributed by atoms with Crippen molar-refractivity contribution in [3.05, 3.63) is 36.0 Å². The van der Waals surface area contributed by atoms with Gasteiger partial charge in [-0.2, -0.15) is 0 Å². The van der Waals surface area contributed by atoms with Gasteiger partial charge in [0.25, 0.3) is 0 Å². The minimum Gasteiger partial charge on any atom is -0.381 e. The van der Waals surface area contributed by atoms with Gasteiger partial charge in [-0.3, -0.25) is 0 Å². The van der Waals surface area contributed by atoms with Crippen LogP contribution in [-0.2, 0) is 11.3 Å². The highest BCUT2D eigenvalue weighted by Crippen LogP contribution is 2.19. The predicted octanol–water partition coefficient (Wildman–Crippen LogP) is 2.58. The van der Waals surface area contributed by atoms with Crippen LogP contribution in [-0.4, -0.2) is 30.9 Å². The van der Waals surface area contributed by atoms with Crippen molar-refractivity contribution in [2.75, 3.05) is 26.3 Å². The lowest BCUT2D eigenvalue weighted by molar-refractivity contribution is 0.185. The van der Waals surface area contributed by atoms with E-state index in [0.29, 0.717) is 5.92 Å². The fourth-order valence-electron chi connectivity index (χ4n) is 2.82. The van der Waals surface area contributed by atoms with Crippen molar-refractivity contribution in [3.8, 4) is 0 Å². The van der Waals surface area contributed by atoms with Gasteiger partial charge >= 0.3 is 0 Å². The van der Waals surface area contributed by atoms with E-state index in [1.807, 2.05) is 0 Å². The summed E-state index contributed by atoms with van der Waals surface area (Å²) in [4.78, 5) is 0. The van der Waals surface area contributed by atoms with Crippen molar-refractivity contribution >= 4 is 10.9 Å². The largest absolute Gasteiger partial charge is 0.381 e. The van der Waals surface area contributed by atoms with E-state index in [0.717, 1.165) is 32.8 Å². The maximum atomic E-state index is 5.39. The Morgan fingerprint density at radius 2 is 2.32 bits per heavy atom. The minimum absolute atomic E-state index is 0.712. The van der Waals surface area contributed by atoms with Crippen LogP contribution in [0.2, 0.25) is 0 Å². The first-order valence-corrected chi connectivity index (χ1v) is 7.17. The van der Waals surface area contributed by atoms with Gasteiger partial charge in [-0.1, -0.05) is 12.1 Å². The Hall–Kier alpha value is -1.32. The lowest BCUT2D eigenvalue weighted by Gasteiger charge is -2.10. The Morgan fingerprint density at radius 3 is 3.16 bits per heavy atom. The van der Waals surface area contributed by atoms with Crippen molar-refractivity contribution in [1.82, 2.24) is 9.88 Å². The molecule has 3 nitrogen and oxygen atoms in total. The van der Waals surface area contributed by atoms with E-state index < -0.39 is 0 Å². The van der Waals surface area contributed by atoms with Gasteiger partial charge in [0.05, 0.1) is 6.61 Å². The summed E-state index contributed by atoms with van der Waals surface area (Å²) in [6.45, 7) is 7.17. The third kappa shape index (κ3) is 2.82. The second kappa shape index (κ2) is 5.76. The first kappa shape index (κ1) is 12.7. The van der Waals surface area contributed by atoms with Crippen LogP contribution in [0.25, 0.3) is 10.9 Å². The molecule has 3 heteroatoms. The van der Waals surface area contributed by atoms with E-state index >= 15 is 0 Å². The highest BCUT2D eigenvalue weighted by atomic mass is 16.5. The van der Waals surface area contributed by atoms with Crippen LogP contribution in [0.15, 0.2) is 30.5 Å². The third-order valence-electron chi connectivity index (χ3n) is 4.02. The number of rotatable bonds is 5. The monoisotopic (exact) mass is 258 g/mol. The van der Waals surface area contributed by atoms with Gasteiger partial charge in [0.15, 0.2) is 0 Å². The van der Waals surface area contributed by atoms with Gasteiger partial charge in [0, 0.05) is 43.3 Å². The van der Waals surface area contributed by atoms with Crippen LogP contribution in [0.1, 0.15) is 12.0 Å². The molecule has 1 aliphatic rings. The molecule has 0 spiro atoms. The summed E-state index contributed by atoms with van der Waals surface area (Å²) in [6, 6.07) is 8.73. The highest BCUT2D eigenvalue weighted by Gasteiger charge is 2.14. The number of nitrogens with one attached hydrogen (secondary N) is 1. The maximum absolute atomic E-state index is 5.39. The van der Waals surface area contributed by atoms with Crippen molar-refractivity contribution in [3.63, 3.8) is 0 Å². The molecule has 2 aromatic rings. The van der Waals surface area contributed by atoms with E-state index in [1.54, 1.807) is 0 Å². The summed E-state index contributed by atoms with van der Waals surface area (Å²) in [5.74, 6) is 0.712. The van der Waals surface area contributed by atoms with E-state index in [4.69, 9.17) is 4.74 Å². The number of fused-ring (bicyclic) bond motifs is 1. The SMILES string of the molecule is Cc1cccc2c1ccn2CCNCC1CCOC1. The van der Waals surface area contributed by atoms with E-state index in [-0.39, 0.29) is 0 Å². The molecule has 0 radical (unpaired) electrons. The molecule has 1 saturated heterocycles. The smallest absolute Gasteiger partial charge is 0.0507 e. The molecule has 1 aromatic carbocycles. The molecule has 3 rings (SSSR count). The number of hydrogen-bond acceptors (Lipinski definition) is 2. The van der Waals surface area contributed by atoms with E-state index in [9.17, 15) is 0 Å². The zero-order valence-electron chi connectivity index (χ0n) is 11.6. The Labute approximate surface area is 114 Å². The number of aromatic nitrogens is 1. The molecule has 1 N–H and O–H groups in total. The van der Waals surface area contributed by atoms with Gasteiger partial charge in [0.1, 0.15) is 0 Å². The number of aryl methyl sites for hydroxylation is 1. The van der Waals surface area contributed by atoms with Crippen LogP contribution in [0.5, 0.6) is 0 Å². The summed E-state index contributed by atoms with van der Waals surface area (Å²) < 4.78 is 7.72. The standard InChI is InChI=1S/C16H22N2O/c1-13-3-2-4-16-15(13)5-8-18(16)9-7-17-11-14-6-10-19-12-14/h2-5,8,14,17H,6-7,9-12H2,1H3. The molecular formula is C16H22N2O. The lowest BCUT2D eigenvalue weighted by Crippen LogP contribution is -2.26. The van der Waals surface area contributed by atoms with Crippen LogP contribution in [0.4, 0.5) is 0 Å². The lowest BCUT2D eigenvalue weighted by atomic mass is 10.1. The van der Waals surface area contributed by atoms with Crippen molar-refractivity contribution in [2.45, 2.75) is 19.9 Å². The van der Waals surface area contributed by atoms with Crippen molar-refractivity contribution < 1.29 is 4.74 Å². The normalized spacial score (nSPS) is 19.3. The molecule has 1 aromatic heterocycles. The molecule has 1 unspecified atom stereocenters. The Kier molecular flexibility index (Phi) is 3.85. The summed E-state index contributed by atoms with van der Waals surface area (Å²) >= 11 is 0. The summed E-state index contributed by atoms with van der Waals surface area (Å²) in [6.07, 6.45) is 3.40. The highest BCUT2D eigenvalue weighted by molar-refractivity contribution is 5.83. The Bertz CT molecular complexity index is 541. The molecule has 0 bridgehead atoms. The quantitative estimate of drug-likeness (QED) is 0.834. The second-order valence-electron chi connectivity index (χ2n) is 5.45. The zero-order valence-corrected chi connectivity index (χ0v) is 11.6. The molecule has 102 valence electrons. The van der Waals surface area contributed by atoms with E-state index in [2.05, 4.69) is 47.3 Å². The van der Waals surface area contributed by atoms with Crippen LogP contribution in [0.3, 0.4) is 0 Å². The minimum atomic E-state index is 0.712. The molecule has 19 heavy (non-hydrogen) atoms. The first-order valence-electron chi connectivity index (χ1n) is 7.17. The molecule has 2 heterocycles. The Morgan fingerprint density at radius 1 is 1.37 bits per heavy atom. The van der Waals surface area contributed by atoms with Crippen molar-refractivity contribution in [2.24, 2.45) is 5.92 Å². The molecule has 1 aliphatic heterocycles. The van der Waals surface area contributed by atoms with E-state index in [1.165, 1.54) is 22.9 Å². The number of benzene rings is 1. The number of ether oxygens (including phenoxy) is 1. The van der Waals surface area contributed by atoms with Gasteiger partial charge in [-0.25, -0.2) is 0 Å². The van der Waals surface area contributed by atoms with Crippen LogP contribution < -0.4 is 5.32 Å². The summed E-state index contributed by atoms with van der Waals surface area (Å²) in [7, 11) is 0. The fourth-order valence-corrected chi connectivity index (χ4v) is 2.82. The third-order valence-corrected chi connectivity index (χ3v) is 4.02. The predicted molar refractivity (Wildman–Crippen MR) is 78.5 cm³/mol. The Balaban J connectivity index is 1.55. The molecule has 0 aliphatic carbocycles. The van der Waals surface area contributed by atoms with Gasteiger partial charge in [0.2, 0.25) is 0 Å². The van der Waals surface area contributed by atoms with Crippen LogP contribution >= 0.6 is 0 Å². The first-order chi connectivity index (χ1) is 9.34. The van der Waals surface area contributed by atoms with Crippen LogP contribution in [0, 0.1) is 12.8 Å².